The highest BCUT2D eigenvalue weighted by molar-refractivity contribution is 5.80. The topological polar surface area (TPSA) is 58.1 Å². The summed E-state index contributed by atoms with van der Waals surface area (Å²) in [6, 6.07) is 4.11. The molecule has 0 radical (unpaired) electrons. The van der Waals surface area contributed by atoms with Crippen molar-refractivity contribution in [3.8, 4) is 5.75 Å². The van der Waals surface area contributed by atoms with Crippen LogP contribution in [0.15, 0.2) is 23.2 Å². The molecule has 1 fully saturated rings. The predicted octanol–water partition coefficient (Wildman–Crippen LogP) is 2.98. The average Bonchev–Trinajstić information content (AvgIpc) is 2.67. The summed E-state index contributed by atoms with van der Waals surface area (Å²) < 4.78 is 49.2. The normalized spacial score (nSPS) is 16.5. The van der Waals surface area contributed by atoms with Gasteiger partial charge in [-0.3, -0.25) is 4.99 Å². The highest BCUT2D eigenvalue weighted by atomic mass is 19.3. The van der Waals surface area contributed by atoms with Gasteiger partial charge >= 0.3 is 6.61 Å². The monoisotopic (exact) mass is 416 g/mol. The number of alkyl halides is 2. The summed E-state index contributed by atoms with van der Waals surface area (Å²) in [4.78, 5) is 6.52. The van der Waals surface area contributed by atoms with E-state index in [2.05, 4.69) is 25.3 Å². The number of nitrogens with zero attached hydrogens (tertiary/aromatic N) is 2. The SMILES string of the molecule is CN=C(NCc1c(F)cccc1OC(F)F)NC1CCN(CCOC(C)C)CC1. The molecule has 0 saturated carbocycles. The zero-order chi connectivity index (χ0) is 21.2. The van der Waals surface area contributed by atoms with Gasteiger partial charge in [-0.15, -0.1) is 0 Å². The van der Waals surface area contributed by atoms with Crippen LogP contribution in [0.3, 0.4) is 0 Å². The number of piperidine rings is 1. The van der Waals surface area contributed by atoms with E-state index in [1.807, 2.05) is 13.8 Å². The molecule has 0 aromatic heterocycles. The molecule has 164 valence electrons. The van der Waals surface area contributed by atoms with Crippen LogP contribution in [0.4, 0.5) is 13.2 Å². The first-order valence-corrected chi connectivity index (χ1v) is 9.92. The number of hydrogen-bond acceptors (Lipinski definition) is 4. The van der Waals surface area contributed by atoms with Gasteiger partial charge in [-0.2, -0.15) is 8.78 Å². The summed E-state index contributed by atoms with van der Waals surface area (Å²) >= 11 is 0. The predicted molar refractivity (Wildman–Crippen MR) is 107 cm³/mol. The second-order valence-corrected chi connectivity index (χ2v) is 7.20. The molecule has 0 unspecified atom stereocenters. The molecule has 29 heavy (non-hydrogen) atoms. The number of guanidine groups is 1. The lowest BCUT2D eigenvalue weighted by Crippen LogP contribution is -2.49. The quantitative estimate of drug-likeness (QED) is 0.479. The van der Waals surface area contributed by atoms with Crippen LogP contribution in [0.5, 0.6) is 5.75 Å². The molecule has 6 nitrogen and oxygen atoms in total. The van der Waals surface area contributed by atoms with Crippen molar-refractivity contribution in [3.05, 3.63) is 29.6 Å². The number of ether oxygens (including phenoxy) is 2. The van der Waals surface area contributed by atoms with Crippen LogP contribution < -0.4 is 15.4 Å². The molecule has 2 rings (SSSR count). The molecule has 1 heterocycles. The van der Waals surface area contributed by atoms with Crippen molar-refractivity contribution in [2.24, 2.45) is 4.99 Å². The maximum Gasteiger partial charge on any atom is 0.387 e. The summed E-state index contributed by atoms with van der Waals surface area (Å²) in [6.07, 6.45) is 2.13. The van der Waals surface area contributed by atoms with E-state index in [4.69, 9.17) is 4.74 Å². The molecule has 0 spiro atoms. The van der Waals surface area contributed by atoms with Gasteiger partial charge in [-0.05, 0) is 38.8 Å². The van der Waals surface area contributed by atoms with Gasteiger partial charge in [-0.1, -0.05) is 6.07 Å². The Morgan fingerprint density at radius 1 is 1.28 bits per heavy atom. The summed E-state index contributed by atoms with van der Waals surface area (Å²) in [7, 11) is 1.62. The number of aliphatic imine (C=N–C) groups is 1. The first kappa shape index (κ1) is 23.3. The minimum absolute atomic E-state index is 0.0141. The van der Waals surface area contributed by atoms with Crippen LogP contribution in [0.1, 0.15) is 32.3 Å². The third-order valence-corrected chi connectivity index (χ3v) is 4.74. The Morgan fingerprint density at radius 2 is 2.00 bits per heavy atom. The molecular weight excluding hydrogens is 385 g/mol. The zero-order valence-electron chi connectivity index (χ0n) is 17.3. The number of likely N-dealkylation sites (tertiary alicyclic amines) is 1. The highest BCUT2D eigenvalue weighted by Crippen LogP contribution is 2.23. The number of benzene rings is 1. The Hall–Kier alpha value is -2.00. The Kier molecular flexibility index (Phi) is 9.53. The van der Waals surface area contributed by atoms with Gasteiger partial charge in [0.2, 0.25) is 0 Å². The second kappa shape index (κ2) is 11.9. The minimum Gasteiger partial charge on any atom is -0.434 e. The molecule has 0 aliphatic carbocycles. The first-order valence-electron chi connectivity index (χ1n) is 9.92. The summed E-state index contributed by atoms with van der Waals surface area (Å²) in [5, 5.41) is 6.31. The van der Waals surface area contributed by atoms with Crippen LogP contribution in [0.25, 0.3) is 0 Å². The van der Waals surface area contributed by atoms with Crippen molar-refractivity contribution in [1.82, 2.24) is 15.5 Å². The fourth-order valence-electron chi connectivity index (χ4n) is 3.20. The van der Waals surface area contributed by atoms with Crippen LogP contribution in [0.2, 0.25) is 0 Å². The third kappa shape index (κ3) is 8.10. The maximum absolute atomic E-state index is 14.1. The van der Waals surface area contributed by atoms with Gasteiger partial charge in [0, 0.05) is 44.8 Å². The lowest BCUT2D eigenvalue weighted by atomic mass is 10.1. The fourth-order valence-corrected chi connectivity index (χ4v) is 3.20. The molecular formula is C20H31F3N4O2. The third-order valence-electron chi connectivity index (χ3n) is 4.74. The Labute approximate surface area is 170 Å². The molecule has 2 N–H and O–H groups in total. The molecule has 1 aromatic carbocycles. The van der Waals surface area contributed by atoms with E-state index in [9.17, 15) is 13.2 Å². The Balaban J connectivity index is 1.81. The van der Waals surface area contributed by atoms with Gasteiger partial charge in [0.25, 0.3) is 0 Å². The van der Waals surface area contributed by atoms with Crippen molar-refractivity contribution in [2.45, 2.75) is 52.0 Å². The number of nitrogens with one attached hydrogen (secondary N) is 2. The molecule has 0 atom stereocenters. The van der Waals surface area contributed by atoms with Gasteiger partial charge in [0.1, 0.15) is 11.6 Å². The number of halogens is 3. The minimum atomic E-state index is -3.01. The van der Waals surface area contributed by atoms with Crippen molar-refractivity contribution in [1.29, 1.82) is 0 Å². The van der Waals surface area contributed by atoms with Crippen LogP contribution in [0, 0.1) is 5.82 Å². The molecule has 1 saturated heterocycles. The Bertz CT molecular complexity index is 651. The van der Waals surface area contributed by atoms with E-state index >= 15 is 0 Å². The molecule has 1 aromatic rings. The van der Waals surface area contributed by atoms with Gasteiger partial charge in [-0.25, -0.2) is 4.39 Å². The summed E-state index contributed by atoms with van der Waals surface area (Å²) in [5.74, 6) is -0.291. The molecule has 0 amide bonds. The average molecular weight is 416 g/mol. The summed E-state index contributed by atoms with van der Waals surface area (Å²) in [6.45, 7) is 4.58. The van der Waals surface area contributed by atoms with Crippen LogP contribution >= 0.6 is 0 Å². The molecule has 9 heteroatoms. The van der Waals surface area contributed by atoms with Crippen LogP contribution in [-0.4, -0.2) is 62.9 Å². The molecule has 1 aliphatic rings. The van der Waals surface area contributed by atoms with E-state index in [0.29, 0.717) is 5.96 Å². The summed E-state index contributed by atoms with van der Waals surface area (Å²) in [5.41, 5.74) is 0.0377. The number of hydrogen-bond donors (Lipinski definition) is 2. The van der Waals surface area contributed by atoms with E-state index in [1.54, 1.807) is 7.05 Å². The van der Waals surface area contributed by atoms with Crippen molar-refractivity contribution >= 4 is 5.96 Å². The van der Waals surface area contributed by atoms with Crippen molar-refractivity contribution < 1.29 is 22.6 Å². The first-order chi connectivity index (χ1) is 13.9. The van der Waals surface area contributed by atoms with Crippen molar-refractivity contribution in [2.75, 3.05) is 33.3 Å². The van der Waals surface area contributed by atoms with E-state index < -0.39 is 12.4 Å². The smallest absolute Gasteiger partial charge is 0.387 e. The van der Waals surface area contributed by atoms with Crippen molar-refractivity contribution in [3.63, 3.8) is 0 Å². The lowest BCUT2D eigenvalue weighted by molar-refractivity contribution is -0.0506. The zero-order valence-corrected chi connectivity index (χ0v) is 17.3. The van der Waals surface area contributed by atoms with Crippen LogP contribution in [-0.2, 0) is 11.3 Å². The highest BCUT2D eigenvalue weighted by Gasteiger charge is 2.20. The van der Waals surface area contributed by atoms with E-state index in [0.717, 1.165) is 39.1 Å². The Morgan fingerprint density at radius 3 is 2.62 bits per heavy atom. The lowest BCUT2D eigenvalue weighted by Gasteiger charge is -2.33. The standard InChI is InChI=1S/C20H31F3N4O2/c1-14(2)28-12-11-27-9-7-15(8-10-27)26-20(24-3)25-13-16-17(21)5-4-6-18(16)29-19(22)23/h4-6,14-15,19H,7-13H2,1-3H3,(H2,24,25,26). The van der Waals surface area contributed by atoms with Gasteiger partial charge < -0.3 is 25.0 Å². The van der Waals surface area contributed by atoms with E-state index in [1.165, 1.54) is 18.2 Å². The largest absolute Gasteiger partial charge is 0.434 e. The molecule has 1 aliphatic heterocycles. The fraction of sp³-hybridized carbons (Fsp3) is 0.650. The van der Waals surface area contributed by atoms with Gasteiger partial charge in [0.05, 0.1) is 12.7 Å². The van der Waals surface area contributed by atoms with Gasteiger partial charge in [0.15, 0.2) is 5.96 Å². The molecule has 0 bridgehead atoms. The van der Waals surface area contributed by atoms with E-state index in [-0.39, 0.29) is 30.0 Å². The number of rotatable bonds is 9. The maximum atomic E-state index is 14.1. The second-order valence-electron chi connectivity index (χ2n) is 7.20.